The number of fused-ring (bicyclic) bond motifs is 1. The van der Waals surface area contributed by atoms with E-state index in [9.17, 15) is 8.42 Å². The highest BCUT2D eigenvalue weighted by Gasteiger charge is 2.19. The second-order valence-electron chi connectivity index (χ2n) is 6.73. The zero-order valence-corrected chi connectivity index (χ0v) is 17.1. The molecule has 0 saturated heterocycles. The number of halogens is 1. The fourth-order valence-electron chi connectivity index (χ4n) is 3.09. The largest absolute Gasteiger partial charge is 0.473 e. The lowest BCUT2D eigenvalue weighted by Gasteiger charge is -2.25. The molecule has 1 unspecified atom stereocenters. The van der Waals surface area contributed by atoms with E-state index < -0.39 is 10.0 Å². The molecule has 8 heteroatoms. The molecule has 2 heterocycles. The van der Waals surface area contributed by atoms with Gasteiger partial charge in [-0.2, -0.15) is 0 Å². The molecule has 1 aliphatic heterocycles. The van der Waals surface area contributed by atoms with Gasteiger partial charge in [0, 0.05) is 30.9 Å². The van der Waals surface area contributed by atoms with E-state index in [-0.39, 0.29) is 24.6 Å². The fraction of sp³-hybridized carbons (Fsp3) is 0.421. The van der Waals surface area contributed by atoms with Crippen molar-refractivity contribution in [3.8, 4) is 5.88 Å². The van der Waals surface area contributed by atoms with Gasteiger partial charge in [0.2, 0.25) is 15.9 Å². The summed E-state index contributed by atoms with van der Waals surface area (Å²) in [5.41, 5.74) is 3.27. The summed E-state index contributed by atoms with van der Waals surface area (Å²) >= 11 is 0. The van der Waals surface area contributed by atoms with Crippen molar-refractivity contribution in [1.82, 2.24) is 15.0 Å². The number of rotatable bonds is 7. The van der Waals surface area contributed by atoms with Gasteiger partial charge in [0.25, 0.3) is 0 Å². The highest BCUT2D eigenvalue weighted by Crippen LogP contribution is 2.24. The van der Waals surface area contributed by atoms with E-state index in [2.05, 4.69) is 21.1 Å². The average molecular weight is 412 g/mol. The van der Waals surface area contributed by atoms with Crippen LogP contribution in [0.5, 0.6) is 5.88 Å². The molecule has 27 heavy (non-hydrogen) atoms. The van der Waals surface area contributed by atoms with Crippen LogP contribution in [-0.2, 0) is 23.0 Å². The Bertz CT molecular complexity index is 844. The number of aryl methyl sites for hydroxylation is 1. The lowest BCUT2D eigenvalue weighted by Crippen LogP contribution is -2.34. The summed E-state index contributed by atoms with van der Waals surface area (Å²) in [5.74, 6) is 0.752. The number of ether oxygens (including phenoxy) is 1. The molecule has 1 aromatic heterocycles. The highest BCUT2D eigenvalue weighted by molar-refractivity contribution is 7.88. The van der Waals surface area contributed by atoms with Crippen LogP contribution >= 0.6 is 12.4 Å². The van der Waals surface area contributed by atoms with Crippen LogP contribution in [0.3, 0.4) is 0 Å². The third kappa shape index (κ3) is 6.46. The normalized spacial score (nSPS) is 17.3. The Hall–Kier alpha value is -1.67. The van der Waals surface area contributed by atoms with Crippen molar-refractivity contribution < 1.29 is 13.2 Å². The van der Waals surface area contributed by atoms with Crippen molar-refractivity contribution in [2.24, 2.45) is 0 Å². The zero-order chi connectivity index (χ0) is 18.6. The van der Waals surface area contributed by atoms with Gasteiger partial charge in [-0.1, -0.05) is 30.3 Å². The number of aromatic nitrogens is 1. The molecule has 6 nitrogen and oxygen atoms in total. The Morgan fingerprint density at radius 3 is 2.70 bits per heavy atom. The Labute approximate surface area is 167 Å². The van der Waals surface area contributed by atoms with Gasteiger partial charge in [-0.25, -0.2) is 18.1 Å². The molecular weight excluding hydrogens is 386 g/mol. The van der Waals surface area contributed by atoms with E-state index in [4.69, 9.17) is 4.74 Å². The first-order valence-electron chi connectivity index (χ1n) is 8.78. The zero-order valence-electron chi connectivity index (χ0n) is 15.5. The van der Waals surface area contributed by atoms with Crippen molar-refractivity contribution in [2.75, 3.05) is 12.8 Å². The van der Waals surface area contributed by atoms with Crippen LogP contribution in [0.1, 0.15) is 36.1 Å². The van der Waals surface area contributed by atoms with E-state index in [0.717, 1.165) is 42.9 Å². The van der Waals surface area contributed by atoms with Crippen molar-refractivity contribution in [3.05, 3.63) is 59.3 Å². The molecule has 148 valence electrons. The number of pyridine rings is 1. The molecule has 0 saturated carbocycles. The maximum Gasteiger partial charge on any atom is 0.216 e. The molecule has 0 radical (unpaired) electrons. The second kappa shape index (κ2) is 9.50. The summed E-state index contributed by atoms with van der Waals surface area (Å²) in [7, 11) is -3.21. The van der Waals surface area contributed by atoms with Crippen LogP contribution < -0.4 is 14.8 Å². The third-order valence-electron chi connectivity index (χ3n) is 4.44. The fourth-order valence-corrected chi connectivity index (χ4v) is 3.87. The van der Waals surface area contributed by atoms with Crippen LogP contribution in [0.4, 0.5) is 0 Å². The highest BCUT2D eigenvalue weighted by atomic mass is 35.5. The van der Waals surface area contributed by atoms with Crippen molar-refractivity contribution in [3.63, 3.8) is 0 Å². The summed E-state index contributed by atoms with van der Waals surface area (Å²) in [6.07, 6.45) is 5.05. The van der Waals surface area contributed by atoms with Crippen LogP contribution in [-0.4, -0.2) is 32.3 Å². The van der Waals surface area contributed by atoms with Gasteiger partial charge in [0.15, 0.2) is 0 Å². The minimum atomic E-state index is -3.21. The predicted molar refractivity (Wildman–Crippen MR) is 109 cm³/mol. The number of sulfonamides is 1. The summed E-state index contributed by atoms with van der Waals surface area (Å²) < 4.78 is 31.1. The van der Waals surface area contributed by atoms with Crippen LogP contribution in [0.15, 0.2) is 42.6 Å². The van der Waals surface area contributed by atoms with E-state index in [1.165, 1.54) is 11.8 Å². The number of nitrogens with one attached hydrogen (secondary N) is 2. The van der Waals surface area contributed by atoms with Gasteiger partial charge in [-0.3, -0.25) is 0 Å². The quantitative estimate of drug-likeness (QED) is 0.732. The van der Waals surface area contributed by atoms with Crippen LogP contribution in [0, 0.1) is 0 Å². The lowest BCUT2D eigenvalue weighted by molar-refractivity contribution is 0.162. The second-order valence-corrected chi connectivity index (χ2v) is 8.51. The van der Waals surface area contributed by atoms with Crippen LogP contribution in [0.25, 0.3) is 0 Å². The molecule has 2 N–H and O–H groups in total. The van der Waals surface area contributed by atoms with E-state index in [1.54, 1.807) is 6.20 Å². The van der Waals surface area contributed by atoms with E-state index >= 15 is 0 Å². The molecule has 1 aliphatic rings. The smallest absolute Gasteiger partial charge is 0.216 e. The Balaban J connectivity index is 0.00000261. The maximum atomic E-state index is 11.3. The van der Waals surface area contributed by atoms with Gasteiger partial charge in [0.05, 0.1) is 6.26 Å². The van der Waals surface area contributed by atoms with Crippen molar-refractivity contribution >= 4 is 22.4 Å². The monoisotopic (exact) mass is 411 g/mol. The maximum absolute atomic E-state index is 11.3. The van der Waals surface area contributed by atoms with E-state index in [1.807, 2.05) is 37.3 Å². The first-order chi connectivity index (χ1) is 12.4. The molecule has 2 aromatic rings. The average Bonchev–Trinajstić information content (AvgIpc) is 2.61. The standard InChI is InChI=1S/C19H25N3O3S.ClH/c1-14(22-26(2,23)24)16-7-5-15(6-8-16)12-20-13-18-10-9-17-4-3-11-21-19(17)25-18;/h3-8,11,14,18,20,22H,9-10,12-13H2,1-2H3;1H/t14-,18?;/m1./s1. The van der Waals surface area contributed by atoms with Gasteiger partial charge in [0.1, 0.15) is 6.10 Å². The molecule has 1 aromatic carbocycles. The number of nitrogens with zero attached hydrogens (tertiary/aromatic N) is 1. The summed E-state index contributed by atoms with van der Waals surface area (Å²) in [4.78, 5) is 4.29. The Kier molecular flexibility index (Phi) is 7.61. The Morgan fingerprint density at radius 2 is 2.00 bits per heavy atom. The van der Waals surface area contributed by atoms with Crippen LogP contribution in [0.2, 0.25) is 0 Å². The topological polar surface area (TPSA) is 80.3 Å². The minimum Gasteiger partial charge on any atom is -0.473 e. The summed E-state index contributed by atoms with van der Waals surface area (Å²) in [6, 6.07) is 11.7. The molecule has 0 amide bonds. The Morgan fingerprint density at radius 1 is 1.26 bits per heavy atom. The minimum absolute atomic E-state index is 0. The summed E-state index contributed by atoms with van der Waals surface area (Å²) in [6.45, 7) is 3.34. The molecule has 3 rings (SSSR count). The molecule has 0 bridgehead atoms. The molecule has 2 atom stereocenters. The SMILES string of the molecule is C[C@@H](NS(C)(=O)=O)c1ccc(CNCC2CCc3cccnc3O2)cc1.Cl. The van der Waals surface area contributed by atoms with Gasteiger partial charge < -0.3 is 10.1 Å². The first kappa shape index (κ1) is 21.6. The number of hydrogen-bond acceptors (Lipinski definition) is 5. The lowest BCUT2D eigenvalue weighted by atomic mass is 10.0. The third-order valence-corrected chi connectivity index (χ3v) is 5.22. The number of benzene rings is 1. The molecule has 0 aliphatic carbocycles. The van der Waals surface area contributed by atoms with Gasteiger partial charge in [-0.05, 0) is 37.0 Å². The molecule has 0 spiro atoms. The summed E-state index contributed by atoms with van der Waals surface area (Å²) in [5, 5.41) is 3.42. The molecule has 0 fully saturated rings. The first-order valence-corrected chi connectivity index (χ1v) is 10.7. The molecular formula is C19H26ClN3O3S. The predicted octanol–water partition coefficient (Wildman–Crippen LogP) is 2.60. The van der Waals surface area contributed by atoms with E-state index in [0.29, 0.717) is 0 Å². The van der Waals surface area contributed by atoms with Gasteiger partial charge >= 0.3 is 0 Å². The number of hydrogen-bond donors (Lipinski definition) is 2. The van der Waals surface area contributed by atoms with Crippen molar-refractivity contribution in [1.29, 1.82) is 0 Å². The van der Waals surface area contributed by atoms with Gasteiger partial charge in [-0.15, -0.1) is 12.4 Å². The van der Waals surface area contributed by atoms with Crippen molar-refractivity contribution in [2.45, 2.75) is 38.5 Å².